The summed E-state index contributed by atoms with van der Waals surface area (Å²) in [4.78, 5) is 34.1. The maximum absolute atomic E-state index is 12.1. The minimum Gasteiger partial charge on any atom is -0.432 e. The average molecular weight is 426 g/mol. The van der Waals surface area contributed by atoms with Crippen LogP contribution in [0.3, 0.4) is 0 Å². The fraction of sp³-hybridized carbons (Fsp3) is 0.381. The zero-order valence-corrected chi connectivity index (χ0v) is 18.2. The molecule has 0 amide bonds. The minimum absolute atomic E-state index is 0.0159. The highest BCUT2D eigenvalue weighted by atomic mass is 28.4. The number of nitrogens with zero attached hydrogens (tertiary/aromatic N) is 3. The van der Waals surface area contributed by atoms with Crippen LogP contribution in [0.2, 0.25) is 18.6 Å². The third-order valence-corrected chi connectivity index (χ3v) is 8.42. The summed E-state index contributed by atoms with van der Waals surface area (Å²) >= 11 is 0. The number of ether oxygens (including phenoxy) is 1. The van der Waals surface area contributed by atoms with Gasteiger partial charge in [0.1, 0.15) is 0 Å². The van der Waals surface area contributed by atoms with Crippen molar-refractivity contribution >= 4 is 25.4 Å². The Bertz CT molecular complexity index is 1120. The number of aromatic nitrogens is 4. The van der Waals surface area contributed by atoms with Gasteiger partial charge in [-0.25, -0.2) is 4.98 Å². The highest BCUT2D eigenvalue weighted by Crippen LogP contribution is 2.51. The predicted molar refractivity (Wildman–Crippen MR) is 118 cm³/mol. The largest absolute Gasteiger partial charge is 0.432 e. The second-order valence-electron chi connectivity index (χ2n) is 8.47. The second-order valence-corrected chi connectivity index (χ2v) is 12.5. The molecule has 1 fully saturated rings. The van der Waals surface area contributed by atoms with Crippen LogP contribution >= 0.6 is 0 Å². The molecule has 30 heavy (non-hydrogen) atoms. The summed E-state index contributed by atoms with van der Waals surface area (Å²) in [6.45, 7) is 9.24. The van der Waals surface area contributed by atoms with Gasteiger partial charge in [0.05, 0.1) is 25.6 Å². The molecular formula is C21H27N5O3Si. The molecule has 0 radical (unpaired) electrons. The number of imidazole rings is 1. The number of fused-ring (bicyclic) bond motifs is 1. The van der Waals surface area contributed by atoms with Crippen molar-refractivity contribution in [2.45, 2.75) is 37.7 Å². The normalized spacial score (nSPS) is 22.1. The number of anilines is 1. The van der Waals surface area contributed by atoms with Crippen LogP contribution in [0.15, 0.2) is 53.6 Å². The maximum atomic E-state index is 12.1. The van der Waals surface area contributed by atoms with E-state index in [1.165, 1.54) is 0 Å². The summed E-state index contributed by atoms with van der Waals surface area (Å²) in [6, 6.07) is 9.88. The molecule has 2 heterocycles. The lowest BCUT2D eigenvalue weighted by Gasteiger charge is -2.28. The fourth-order valence-electron chi connectivity index (χ4n) is 4.41. The van der Waals surface area contributed by atoms with E-state index in [0.717, 1.165) is 11.1 Å². The van der Waals surface area contributed by atoms with E-state index in [1.54, 1.807) is 6.33 Å². The molecule has 1 saturated carbocycles. The van der Waals surface area contributed by atoms with E-state index in [2.05, 4.69) is 21.5 Å². The van der Waals surface area contributed by atoms with Crippen LogP contribution in [-0.4, -0.2) is 39.2 Å². The third kappa shape index (κ3) is 3.83. The van der Waals surface area contributed by atoms with E-state index in [1.807, 2.05) is 48.0 Å². The van der Waals surface area contributed by atoms with Crippen molar-refractivity contribution in [2.24, 2.45) is 5.92 Å². The molecule has 0 aliphatic heterocycles. The van der Waals surface area contributed by atoms with Gasteiger partial charge in [0, 0.05) is 5.92 Å². The zero-order chi connectivity index (χ0) is 21.5. The Hall–Kier alpha value is -2.75. The van der Waals surface area contributed by atoms with Gasteiger partial charge in [0.15, 0.2) is 19.5 Å². The number of rotatable bonds is 6. The topological polar surface area (TPSA) is 119 Å². The van der Waals surface area contributed by atoms with Gasteiger partial charge in [-0.3, -0.25) is 9.78 Å². The van der Waals surface area contributed by atoms with E-state index < -0.39 is 8.32 Å². The SMILES string of the molecule is C=C1[C@H](COCc2ccccc2)C([Si](C)(C)O)C[C@@H]1n1cnc2c(=O)[nH]c(N)nc21. The first kappa shape index (κ1) is 20.5. The number of hydrogen-bond acceptors (Lipinski definition) is 6. The van der Waals surface area contributed by atoms with Gasteiger partial charge in [0.2, 0.25) is 5.95 Å². The summed E-state index contributed by atoms with van der Waals surface area (Å²) in [7, 11) is -2.49. The van der Waals surface area contributed by atoms with Crippen molar-refractivity contribution in [3.63, 3.8) is 0 Å². The van der Waals surface area contributed by atoms with Crippen molar-refractivity contribution in [1.82, 2.24) is 19.5 Å². The molecule has 158 valence electrons. The van der Waals surface area contributed by atoms with Crippen LogP contribution < -0.4 is 11.3 Å². The van der Waals surface area contributed by atoms with Gasteiger partial charge in [0.25, 0.3) is 5.56 Å². The molecule has 3 atom stereocenters. The van der Waals surface area contributed by atoms with Crippen molar-refractivity contribution in [2.75, 3.05) is 12.3 Å². The number of nitrogens with one attached hydrogen (secondary N) is 1. The molecule has 4 rings (SSSR count). The van der Waals surface area contributed by atoms with Crippen molar-refractivity contribution in [1.29, 1.82) is 0 Å². The lowest BCUT2D eigenvalue weighted by Crippen LogP contribution is -2.36. The monoisotopic (exact) mass is 425 g/mol. The molecule has 0 saturated heterocycles. The molecule has 0 bridgehead atoms. The summed E-state index contributed by atoms with van der Waals surface area (Å²) in [6.07, 6.45) is 2.31. The molecule has 3 aromatic rings. The second kappa shape index (κ2) is 7.82. The number of hydrogen-bond donors (Lipinski definition) is 3. The smallest absolute Gasteiger partial charge is 0.280 e. The van der Waals surface area contributed by atoms with E-state index >= 15 is 0 Å². The highest BCUT2D eigenvalue weighted by molar-refractivity contribution is 6.71. The number of H-pyrrole nitrogens is 1. The van der Waals surface area contributed by atoms with Gasteiger partial charge >= 0.3 is 0 Å². The molecular weight excluding hydrogens is 398 g/mol. The molecule has 2 aromatic heterocycles. The van der Waals surface area contributed by atoms with Gasteiger partial charge in [-0.05, 0) is 36.2 Å². The first-order chi connectivity index (χ1) is 14.3. The van der Waals surface area contributed by atoms with E-state index in [-0.39, 0.29) is 34.5 Å². The van der Waals surface area contributed by atoms with Gasteiger partial charge < -0.3 is 19.8 Å². The Balaban J connectivity index is 1.60. The number of nitrogens with two attached hydrogens (primary N) is 1. The van der Waals surface area contributed by atoms with Crippen LogP contribution in [0.4, 0.5) is 5.95 Å². The predicted octanol–water partition coefficient (Wildman–Crippen LogP) is 2.60. The maximum Gasteiger partial charge on any atom is 0.280 e. The van der Waals surface area contributed by atoms with Crippen molar-refractivity contribution in [3.05, 3.63) is 64.7 Å². The zero-order valence-electron chi connectivity index (χ0n) is 17.2. The Morgan fingerprint density at radius 3 is 2.80 bits per heavy atom. The molecule has 4 N–H and O–H groups in total. The standard InChI is InChI=1S/C21H27N5O3Si/c1-13-15(11-29-10-14-7-5-4-6-8-14)17(30(2,3)28)9-16(13)26-12-23-18-19(26)24-21(22)25-20(18)27/h4-8,12,15-17,28H,1,9-11H2,2-3H3,(H3,22,24,25,27)/t15-,16-,17?/m0/s1. The lowest BCUT2D eigenvalue weighted by molar-refractivity contribution is 0.0965. The van der Waals surface area contributed by atoms with Crippen LogP contribution in [0.5, 0.6) is 0 Å². The molecule has 1 unspecified atom stereocenters. The van der Waals surface area contributed by atoms with Gasteiger partial charge in [-0.15, -0.1) is 0 Å². The molecule has 1 aliphatic carbocycles. The number of nitrogen functional groups attached to an aromatic ring is 1. The summed E-state index contributed by atoms with van der Waals surface area (Å²) < 4.78 is 7.88. The van der Waals surface area contributed by atoms with Crippen LogP contribution in [0.25, 0.3) is 11.2 Å². The molecule has 1 aliphatic rings. The first-order valence-electron chi connectivity index (χ1n) is 10.0. The van der Waals surface area contributed by atoms with E-state index in [9.17, 15) is 9.59 Å². The molecule has 8 nitrogen and oxygen atoms in total. The third-order valence-electron chi connectivity index (χ3n) is 5.97. The minimum atomic E-state index is -2.49. The first-order valence-corrected chi connectivity index (χ1v) is 13.0. The van der Waals surface area contributed by atoms with Crippen molar-refractivity contribution in [3.8, 4) is 0 Å². The van der Waals surface area contributed by atoms with Crippen molar-refractivity contribution < 1.29 is 9.53 Å². The van der Waals surface area contributed by atoms with Crippen LogP contribution in [0, 0.1) is 5.92 Å². The molecule has 9 heteroatoms. The highest BCUT2D eigenvalue weighted by Gasteiger charge is 2.47. The molecule has 0 spiro atoms. The summed E-state index contributed by atoms with van der Waals surface area (Å²) in [5, 5.41) is 0. The quantitative estimate of drug-likeness (QED) is 0.413. The number of benzene rings is 1. The average Bonchev–Trinajstić information content (AvgIpc) is 3.24. The number of aromatic amines is 1. The van der Waals surface area contributed by atoms with Gasteiger partial charge in [-0.2, -0.15) is 4.98 Å². The Morgan fingerprint density at radius 2 is 2.10 bits per heavy atom. The van der Waals surface area contributed by atoms with E-state index in [4.69, 9.17) is 10.5 Å². The Labute approximate surface area is 175 Å². The van der Waals surface area contributed by atoms with E-state index in [0.29, 0.717) is 25.3 Å². The van der Waals surface area contributed by atoms with Crippen LogP contribution in [-0.2, 0) is 11.3 Å². The Morgan fingerprint density at radius 1 is 1.37 bits per heavy atom. The Kier molecular flexibility index (Phi) is 5.35. The summed E-state index contributed by atoms with van der Waals surface area (Å²) in [5.74, 6) is 0.0659. The lowest BCUT2D eigenvalue weighted by atomic mass is 10.0. The molecule has 1 aromatic carbocycles. The van der Waals surface area contributed by atoms with Gasteiger partial charge in [-0.1, -0.05) is 36.9 Å². The van der Waals surface area contributed by atoms with Crippen LogP contribution in [0.1, 0.15) is 18.0 Å². The summed E-state index contributed by atoms with van der Waals surface area (Å²) in [5.41, 5.74) is 8.20. The fourth-order valence-corrected chi connectivity index (χ4v) is 6.50.